The van der Waals surface area contributed by atoms with Gasteiger partial charge in [-0.25, -0.2) is 8.42 Å². The van der Waals surface area contributed by atoms with Crippen molar-refractivity contribution in [3.8, 4) is 0 Å². The molecule has 1 atom stereocenters. The lowest BCUT2D eigenvalue weighted by atomic mass is 10.1. The quantitative estimate of drug-likeness (QED) is 0.249. The molecule has 0 saturated heterocycles. The maximum absolute atomic E-state index is 14.1. The van der Waals surface area contributed by atoms with Gasteiger partial charge < -0.3 is 10.2 Å². The Labute approximate surface area is 261 Å². The Bertz CT molecular complexity index is 1510. The third kappa shape index (κ3) is 8.52. The number of amides is 2. The molecule has 3 aromatic carbocycles. The van der Waals surface area contributed by atoms with Crippen molar-refractivity contribution in [3.05, 3.63) is 92.4 Å². The van der Waals surface area contributed by atoms with Crippen LogP contribution in [0.5, 0.6) is 0 Å². The fraction of sp³-hybridized carbons (Fsp3) is 0.310. The first kappa shape index (κ1) is 33.0. The zero-order chi connectivity index (χ0) is 30.5. The number of hydrogen-bond acceptors (Lipinski definition) is 4. The monoisotopic (exact) mass is 657 g/mol. The first-order chi connectivity index (χ1) is 19.1. The minimum Gasteiger partial charge on any atom is -0.350 e. The number of rotatable bonds is 10. The molecule has 0 aliphatic carbocycles. The van der Waals surface area contributed by atoms with Gasteiger partial charge in [-0.3, -0.25) is 13.9 Å². The molecule has 0 aliphatic rings. The Morgan fingerprint density at radius 2 is 1.46 bits per heavy atom. The predicted octanol–water partition coefficient (Wildman–Crippen LogP) is 7.22. The molecule has 41 heavy (non-hydrogen) atoms. The molecule has 0 aliphatic heterocycles. The molecule has 1 N–H and O–H groups in total. The molecule has 3 rings (SSSR count). The summed E-state index contributed by atoms with van der Waals surface area (Å²) >= 11 is 25.0. The van der Waals surface area contributed by atoms with Gasteiger partial charge in [0, 0.05) is 27.2 Å². The normalized spacial score (nSPS) is 12.5. The Hall–Kier alpha value is -2.49. The fourth-order valence-electron chi connectivity index (χ4n) is 4.12. The highest BCUT2D eigenvalue weighted by Crippen LogP contribution is 2.33. The van der Waals surface area contributed by atoms with Crippen molar-refractivity contribution in [3.63, 3.8) is 0 Å². The number of benzene rings is 3. The first-order valence-corrected chi connectivity index (χ1v) is 15.7. The summed E-state index contributed by atoms with van der Waals surface area (Å²) < 4.78 is 28.7. The van der Waals surface area contributed by atoms with E-state index in [4.69, 9.17) is 46.4 Å². The number of nitrogens with one attached hydrogen (secondary N) is 1. The van der Waals surface area contributed by atoms with E-state index >= 15 is 0 Å². The van der Waals surface area contributed by atoms with Crippen molar-refractivity contribution in [2.45, 2.75) is 57.1 Å². The zero-order valence-corrected chi connectivity index (χ0v) is 26.8. The van der Waals surface area contributed by atoms with Gasteiger partial charge in [-0.05, 0) is 75.2 Å². The Kier molecular flexibility index (Phi) is 11.0. The summed E-state index contributed by atoms with van der Waals surface area (Å²) in [6.45, 7) is 6.54. The molecule has 220 valence electrons. The number of nitrogens with zero attached hydrogens (tertiary/aromatic N) is 2. The number of sulfonamides is 1. The second kappa shape index (κ2) is 13.7. The average Bonchev–Trinajstić information content (AvgIpc) is 2.88. The van der Waals surface area contributed by atoms with Crippen LogP contribution in [0.15, 0.2) is 71.6 Å². The van der Waals surface area contributed by atoms with Gasteiger partial charge in [0.15, 0.2) is 0 Å². The maximum atomic E-state index is 14.1. The van der Waals surface area contributed by atoms with E-state index in [9.17, 15) is 18.0 Å². The number of carbonyl (C=O) groups is 2. The van der Waals surface area contributed by atoms with Crippen LogP contribution in [0.25, 0.3) is 0 Å². The van der Waals surface area contributed by atoms with E-state index in [-0.39, 0.29) is 34.5 Å². The summed E-state index contributed by atoms with van der Waals surface area (Å²) in [5.41, 5.74) is 0.0229. The summed E-state index contributed by atoms with van der Waals surface area (Å²) in [6.07, 6.45) is 0.256. The van der Waals surface area contributed by atoms with Crippen LogP contribution in [0.4, 0.5) is 5.69 Å². The minimum atomic E-state index is -4.27. The summed E-state index contributed by atoms with van der Waals surface area (Å²) in [5.74, 6) is -1.03. The molecule has 12 heteroatoms. The molecular formula is C29H31Cl4N3O4S. The van der Waals surface area contributed by atoms with Crippen LogP contribution < -0.4 is 9.62 Å². The highest BCUT2D eigenvalue weighted by atomic mass is 35.5. The molecule has 0 saturated carbocycles. The number of anilines is 1. The third-order valence-corrected chi connectivity index (χ3v) is 8.93. The molecule has 7 nitrogen and oxygen atoms in total. The standard InChI is InChI=1S/C29H31Cl4N3O4S/c1-5-25(28(38)34-29(2,3)4)35(17-19-11-12-20(30)15-23(19)32)27(37)18-36(26-14-13-21(31)16-24(26)33)41(39,40)22-9-7-6-8-10-22/h6-16,25H,5,17-18H2,1-4H3,(H,34,38). The van der Waals surface area contributed by atoms with E-state index < -0.39 is 34.1 Å². The lowest BCUT2D eigenvalue weighted by Gasteiger charge is -2.35. The van der Waals surface area contributed by atoms with Gasteiger partial charge in [-0.15, -0.1) is 0 Å². The highest BCUT2D eigenvalue weighted by molar-refractivity contribution is 7.92. The number of halogens is 4. The van der Waals surface area contributed by atoms with Crippen molar-refractivity contribution in [1.29, 1.82) is 0 Å². The van der Waals surface area contributed by atoms with Crippen LogP contribution in [0.3, 0.4) is 0 Å². The molecule has 2 amide bonds. The molecular weight excluding hydrogens is 628 g/mol. The van der Waals surface area contributed by atoms with Gasteiger partial charge in [-0.1, -0.05) is 77.6 Å². The Balaban J connectivity index is 2.12. The van der Waals surface area contributed by atoms with E-state index in [1.807, 2.05) is 20.8 Å². The summed E-state index contributed by atoms with van der Waals surface area (Å²) in [7, 11) is -4.27. The number of hydrogen-bond donors (Lipinski definition) is 1. The highest BCUT2D eigenvalue weighted by Gasteiger charge is 2.35. The van der Waals surface area contributed by atoms with Crippen molar-refractivity contribution in [2.24, 2.45) is 0 Å². The fourth-order valence-corrected chi connectivity index (χ4v) is 6.61. The van der Waals surface area contributed by atoms with Crippen LogP contribution in [0, 0.1) is 0 Å². The van der Waals surface area contributed by atoms with Crippen LogP contribution in [-0.4, -0.2) is 43.3 Å². The van der Waals surface area contributed by atoms with Gasteiger partial charge in [-0.2, -0.15) is 0 Å². The van der Waals surface area contributed by atoms with Crippen molar-refractivity contribution >= 4 is 73.9 Å². The molecule has 0 bridgehead atoms. The minimum absolute atomic E-state index is 0.0367. The molecule has 0 aromatic heterocycles. The van der Waals surface area contributed by atoms with E-state index in [1.54, 1.807) is 37.3 Å². The average molecular weight is 659 g/mol. The van der Waals surface area contributed by atoms with E-state index in [1.165, 1.54) is 41.3 Å². The lowest BCUT2D eigenvalue weighted by Crippen LogP contribution is -2.55. The predicted molar refractivity (Wildman–Crippen MR) is 166 cm³/mol. The summed E-state index contributed by atoms with van der Waals surface area (Å²) in [5, 5.41) is 3.96. The third-order valence-electron chi connectivity index (χ3n) is 6.03. The van der Waals surface area contributed by atoms with Gasteiger partial charge in [0.2, 0.25) is 11.8 Å². The summed E-state index contributed by atoms with van der Waals surface area (Å²) in [6, 6.07) is 15.9. The smallest absolute Gasteiger partial charge is 0.264 e. The van der Waals surface area contributed by atoms with Gasteiger partial charge in [0.25, 0.3) is 10.0 Å². The molecule has 1 unspecified atom stereocenters. The van der Waals surface area contributed by atoms with Gasteiger partial charge in [0.05, 0.1) is 15.6 Å². The Morgan fingerprint density at radius 3 is 2.00 bits per heavy atom. The van der Waals surface area contributed by atoms with Gasteiger partial charge in [0.1, 0.15) is 12.6 Å². The molecule has 3 aromatic rings. The lowest BCUT2D eigenvalue weighted by molar-refractivity contribution is -0.141. The molecule has 0 radical (unpaired) electrons. The summed E-state index contributed by atoms with van der Waals surface area (Å²) in [4.78, 5) is 28.8. The first-order valence-electron chi connectivity index (χ1n) is 12.7. The van der Waals surface area contributed by atoms with E-state index in [0.717, 1.165) is 4.31 Å². The van der Waals surface area contributed by atoms with E-state index in [2.05, 4.69) is 5.32 Å². The zero-order valence-electron chi connectivity index (χ0n) is 23.0. The van der Waals surface area contributed by atoms with Crippen molar-refractivity contribution < 1.29 is 18.0 Å². The number of carbonyl (C=O) groups excluding carboxylic acids is 2. The Morgan fingerprint density at radius 1 is 0.878 bits per heavy atom. The maximum Gasteiger partial charge on any atom is 0.264 e. The van der Waals surface area contributed by atoms with Crippen LogP contribution in [-0.2, 0) is 26.2 Å². The second-order valence-corrected chi connectivity index (χ2v) is 13.9. The van der Waals surface area contributed by atoms with Crippen LogP contribution >= 0.6 is 46.4 Å². The SMILES string of the molecule is CCC(C(=O)NC(C)(C)C)N(Cc1ccc(Cl)cc1Cl)C(=O)CN(c1ccc(Cl)cc1Cl)S(=O)(=O)c1ccccc1. The molecule has 0 spiro atoms. The van der Waals surface area contributed by atoms with E-state index in [0.29, 0.717) is 20.6 Å². The van der Waals surface area contributed by atoms with Crippen LogP contribution in [0.1, 0.15) is 39.7 Å². The second-order valence-electron chi connectivity index (χ2n) is 10.3. The van der Waals surface area contributed by atoms with Crippen LogP contribution in [0.2, 0.25) is 20.1 Å². The largest absolute Gasteiger partial charge is 0.350 e. The van der Waals surface area contributed by atoms with Crippen molar-refractivity contribution in [1.82, 2.24) is 10.2 Å². The molecule has 0 fully saturated rings. The van der Waals surface area contributed by atoms with Crippen molar-refractivity contribution in [2.75, 3.05) is 10.8 Å². The van der Waals surface area contributed by atoms with Gasteiger partial charge >= 0.3 is 0 Å². The molecule has 0 heterocycles. The topological polar surface area (TPSA) is 86.8 Å².